The van der Waals surface area contributed by atoms with Crippen LogP contribution in [0.25, 0.3) is 0 Å². The monoisotopic (exact) mass is 1210 g/mol. The van der Waals surface area contributed by atoms with Crippen molar-refractivity contribution in [3.05, 3.63) is 156 Å². The van der Waals surface area contributed by atoms with Gasteiger partial charge >= 0.3 is 12.4 Å². The van der Waals surface area contributed by atoms with Gasteiger partial charge in [-0.05, 0) is 209 Å². The van der Waals surface area contributed by atoms with Gasteiger partial charge in [0.15, 0.2) is 0 Å². The second-order valence-electron chi connectivity index (χ2n) is 22.1. The van der Waals surface area contributed by atoms with E-state index in [-0.39, 0.29) is 0 Å². The van der Waals surface area contributed by atoms with E-state index in [4.69, 9.17) is 25.8 Å². The number of hydrogen-bond donors (Lipinski definition) is 0. The Hall–Kier alpha value is -3.67. The van der Waals surface area contributed by atoms with Gasteiger partial charge < -0.3 is 14.2 Å². The fourth-order valence-electron chi connectivity index (χ4n) is 8.75. The smallest absolute Gasteiger partial charge is 0.416 e. The molecule has 5 aromatic carbocycles. The lowest BCUT2D eigenvalue weighted by molar-refractivity contribution is -0.138. The SMILES string of the molecule is CC(C)C1C[C@H]1c1cccc(C(F)(F)F)c1.CC(C)[C@@H]1C[C@@H]1c1cccc(C(F)(F)F)c1.CCCOc1ccc(CCC(C)C)cc1Cl.COc1ccc(Br)cc1CCC(C)C.COc1ccc(CCC(C)C)cc1Br. The summed E-state index contributed by atoms with van der Waals surface area (Å²) >= 11 is 13.1. The molecule has 76 heavy (non-hydrogen) atoms. The van der Waals surface area contributed by atoms with Crippen LogP contribution in [0.3, 0.4) is 0 Å². The van der Waals surface area contributed by atoms with Gasteiger partial charge in [-0.1, -0.05) is 152 Å². The van der Waals surface area contributed by atoms with Crippen LogP contribution in [0.1, 0.15) is 165 Å². The summed E-state index contributed by atoms with van der Waals surface area (Å²) < 4.78 is 93.2. The first-order valence-corrected chi connectivity index (χ1v) is 29.0. The average Bonchev–Trinajstić information content (AvgIpc) is 4.30. The topological polar surface area (TPSA) is 27.7 Å². The van der Waals surface area contributed by atoms with Crippen molar-refractivity contribution in [2.24, 2.45) is 41.4 Å². The van der Waals surface area contributed by atoms with Crippen molar-refractivity contribution in [2.45, 2.75) is 158 Å². The molecule has 0 heterocycles. The molecule has 0 N–H and O–H groups in total. The third-order valence-electron chi connectivity index (χ3n) is 13.6. The molecule has 0 amide bonds. The first-order valence-electron chi connectivity index (χ1n) is 27.1. The highest BCUT2D eigenvalue weighted by Gasteiger charge is 2.42. The zero-order valence-corrected chi connectivity index (χ0v) is 51.1. The molecule has 422 valence electrons. The van der Waals surface area contributed by atoms with Gasteiger partial charge in [0.05, 0.1) is 41.4 Å². The number of hydrogen-bond acceptors (Lipinski definition) is 3. The normalized spacial score (nSPS) is 16.7. The number of benzene rings is 5. The number of methoxy groups -OCH3 is 2. The third-order valence-corrected chi connectivity index (χ3v) is 15.0. The summed E-state index contributed by atoms with van der Waals surface area (Å²) in [4.78, 5) is 0. The maximum atomic E-state index is 12.5. The lowest BCUT2D eigenvalue weighted by atomic mass is 10.0. The van der Waals surface area contributed by atoms with Crippen LogP contribution >= 0.6 is 43.5 Å². The van der Waals surface area contributed by atoms with Crippen LogP contribution in [0.2, 0.25) is 5.02 Å². The summed E-state index contributed by atoms with van der Waals surface area (Å²) in [5.74, 6) is 7.82. The van der Waals surface area contributed by atoms with Crippen LogP contribution < -0.4 is 14.2 Å². The summed E-state index contributed by atoms with van der Waals surface area (Å²) in [5.41, 5.74) is 4.57. The second kappa shape index (κ2) is 32.4. The molecule has 0 bridgehead atoms. The summed E-state index contributed by atoms with van der Waals surface area (Å²) in [6.45, 7) is 24.8. The van der Waals surface area contributed by atoms with Crippen molar-refractivity contribution in [1.82, 2.24) is 0 Å². The van der Waals surface area contributed by atoms with E-state index in [0.717, 1.165) is 117 Å². The largest absolute Gasteiger partial charge is 0.496 e. The number of alkyl halides is 6. The molecule has 2 fully saturated rings. The molecule has 0 saturated heterocycles. The summed E-state index contributed by atoms with van der Waals surface area (Å²) in [7, 11) is 3.41. The van der Waals surface area contributed by atoms with E-state index >= 15 is 0 Å². The van der Waals surface area contributed by atoms with E-state index in [9.17, 15) is 26.3 Å². The van der Waals surface area contributed by atoms with E-state index in [1.54, 1.807) is 14.2 Å². The molecule has 5 aromatic rings. The van der Waals surface area contributed by atoms with Gasteiger partial charge in [0.2, 0.25) is 0 Å². The minimum absolute atomic E-state index is 0.335. The van der Waals surface area contributed by atoms with Crippen LogP contribution in [0, 0.1) is 41.4 Å². The van der Waals surface area contributed by atoms with Gasteiger partial charge in [0.25, 0.3) is 0 Å². The number of aryl methyl sites for hydroxylation is 3. The molecule has 4 atom stereocenters. The minimum atomic E-state index is -4.22. The molecule has 12 heteroatoms. The molecule has 3 nitrogen and oxygen atoms in total. The van der Waals surface area contributed by atoms with E-state index < -0.39 is 23.5 Å². The minimum Gasteiger partial charge on any atom is -0.496 e. The van der Waals surface area contributed by atoms with Gasteiger partial charge in [-0.15, -0.1) is 0 Å². The fraction of sp³-hybridized carbons (Fsp3) is 0.531. The molecular formula is C64H85Br2ClF6O3. The maximum Gasteiger partial charge on any atom is 0.416 e. The zero-order chi connectivity index (χ0) is 56.9. The average molecular weight is 1210 g/mol. The lowest BCUT2D eigenvalue weighted by Crippen LogP contribution is -2.05. The maximum absolute atomic E-state index is 12.5. The molecule has 1 unspecified atom stereocenters. The first kappa shape index (κ1) is 66.6. The van der Waals surface area contributed by atoms with Crippen molar-refractivity contribution >= 4 is 43.5 Å². The van der Waals surface area contributed by atoms with Crippen molar-refractivity contribution in [3.63, 3.8) is 0 Å². The van der Waals surface area contributed by atoms with Gasteiger partial charge in [0.1, 0.15) is 17.2 Å². The Kier molecular flexibility index (Phi) is 28.4. The van der Waals surface area contributed by atoms with Crippen molar-refractivity contribution < 1.29 is 40.6 Å². The van der Waals surface area contributed by atoms with E-state index in [0.29, 0.717) is 35.5 Å². The lowest BCUT2D eigenvalue weighted by Gasteiger charge is -2.10. The van der Waals surface area contributed by atoms with Crippen molar-refractivity contribution in [1.29, 1.82) is 0 Å². The van der Waals surface area contributed by atoms with Gasteiger partial charge in [-0.3, -0.25) is 0 Å². The summed E-state index contributed by atoms with van der Waals surface area (Å²) in [6.07, 6.45) is 1.56. The number of ether oxygens (including phenoxy) is 3. The fourth-order valence-corrected chi connectivity index (χ4v) is 10.0. The second-order valence-corrected chi connectivity index (χ2v) is 24.3. The summed E-state index contributed by atoms with van der Waals surface area (Å²) in [6, 6.07) is 30.1. The van der Waals surface area contributed by atoms with Crippen LogP contribution in [0.15, 0.2) is 112 Å². The molecule has 2 aliphatic rings. The Balaban J connectivity index is 0.000000251. The predicted molar refractivity (Wildman–Crippen MR) is 312 cm³/mol. The first-order chi connectivity index (χ1) is 35.7. The molecule has 0 aromatic heterocycles. The highest BCUT2D eigenvalue weighted by molar-refractivity contribution is 9.10. The quantitative estimate of drug-likeness (QED) is 0.0819. The number of halogens is 9. The van der Waals surface area contributed by atoms with Crippen molar-refractivity contribution in [2.75, 3.05) is 20.8 Å². The standard InChI is InChI=1S/C14H21ClO.2C13H15F3.2C12H17BrO/c1-4-9-16-14-8-7-12(10-13(14)15)6-5-11(2)3;2*1-8(2)11-7-12(11)9-4-3-5-10(6-9)13(14,15)16;1-9(2)4-5-10-8-11(13)6-7-12(10)14-3;1-9(2)4-5-10-6-7-12(14-3)11(13)8-10/h7-8,10-11H,4-6,9H2,1-3H3;2*3-6,8,11-12H,7H2,1-2H3;2*6-9H,4-5H2,1-3H3/t;11?,12-;11-,12+;;/m.00../s1. The Morgan fingerprint density at radius 1 is 0.539 bits per heavy atom. The third kappa shape index (κ3) is 24.1. The van der Waals surface area contributed by atoms with E-state index in [1.165, 1.54) is 60.2 Å². The van der Waals surface area contributed by atoms with Crippen LogP contribution in [0.4, 0.5) is 26.3 Å². The van der Waals surface area contributed by atoms with Crippen molar-refractivity contribution in [3.8, 4) is 17.2 Å². The molecule has 0 aliphatic heterocycles. The molecule has 2 saturated carbocycles. The van der Waals surface area contributed by atoms with Gasteiger partial charge in [-0.25, -0.2) is 0 Å². The Morgan fingerprint density at radius 3 is 1.36 bits per heavy atom. The zero-order valence-electron chi connectivity index (χ0n) is 47.2. The van der Waals surface area contributed by atoms with Gasteiger partial charge in [-0.2, -0.15) is 26.3 Å². The molecule has 0 spiro atoms. The Morgan fingerprint density at radius 2 is 0.974 bits per heavy atom. The molecule has 0 radical (unpaired) electrons. The molecule has 2 aliphatic carbocycles. The highest BCUT2D eigenvalue weighted by Crippen LogP contribution is 2.53. The summed E-state index contributed by atoms with van der Waals surface area (Å²) in [5, 5.41) is 0.731. The Bertz CT molecular complexity index is 2390. The highest BCUT2D eigenvalue weighted by atomic mass is 79.9. The van der Waals surface area contributed by atoms with E-state index in [2.05, 4.69) is 132 Å². The van der Waals surface area contributed by atoms with Crippen LogP contribution in [0.5, 0.6) is 17.2 Å². The molecule has 7 rings (SSSR count). The van der Waals surface area contributed by atoms with Gasteiger partial charge in [0, 0.05) is 4.47 Å². The van der Waals surface area contributed by atoms with Crippen LogP contribution in [-0.4, -0.2) is 20.8 Å². The molecular weight excluding hydrogens is 1130 g/mol. The predicted octanol–water partition coefficient (Wildman–Crippen LogP) is 21.7. The van der Waals surface area contributed by atoms with E-state index in [1.807, 2.05) is 42.5 Å². The van der Waals surface area contributed by atoms with Crippen LogP contribution in [-0.2, 0) is 31.6 Å². The number of rotatable bonds is 18. The Labute approximate surface area is 474 Å².